The third-order valence-corrected chi connectivity index (χ3v) is 5.39. The molecule has 0 saturated heterocycles. The standard InChI is InChI=1S/C23H25BrN4O4/c1-6-14(2)32-20-10-8-17(28(30)31)11-15(20)13-25-27-21(29)18-12-16(24)7-9-19(18)26-22(27)23(3,4)5/h7-14H,6H2,1-5H3/t14-/m1/s1. The van der Waals surface area contributed by atoms with E-state index in [1.165, 1.54) is 23.0 Å². The Balaban J connectivity index is 2.21. The molecular weight excluding hydrogens is 476 g/mol. The normalized spacial score (nSPS) is 12.9. The van der Waals surface area contributed by atoms with Gasteiger partial charge in [-0.2, -0.15) is 9.78 Å². The lowest BCUT2D eigenvalue weighted by atomic mass is 9.95. The minimum absolute atomic E-state index is 0.0869. The Morgan fingerprint density at radius 2 is 2.00 bits per heavy atom. The van der Waals surface area contributed by atoms with Gasteiger partial charge in [-0.25, -0.2) is 4.98 Å². The molecule has 3 aromatic rings. The van der Waals surface area contributed by atoms with E-state index in [2.05, 4.69) is 26.0 Å². The summed E-state index contributed by atoms with van der Waals surface area (Å²) in [6, 6.07) is 9.63. The van der Waals surface area contributed by atoms with Crippen molar-refractivity contribution < 1.29 is 9.66 Å². The number of nitro benzene ring substituents is 1. The maximum absolute atomic E-state index is 13.3. The van der Waals surface area contributed by atoms with Gasteiger partial charge in [0.2, 0.25) is 0 Å². The highest BCUT2D eigenvalue weighted by Gasteiger charge is 2.23. The minimum atomic E-state index is -0.480. The van der Waals surface area contributed by atoms with Crippen LogP contribution in [0.3, 0.4) is 0 Å². The monoisotopic (exact) mass is 500 g/mol. The summed E-state index contributed by atoms with van der Waals surface area (Å²) in [4.78, 5) is 28.8. The van der Waals surface area contributed by atoms with Crippen molar-refractivity contribution in [2.24, 2.45) is 5.10 Å². The van der Waals surface area contributed by atoms with Crippen LogP contribution in [0.1, 0.15) is 52.4 Å². The molecule has 0 N–H and O–H groups in total. The quantitative estimate of drug-likeness (QED) is 0.255. The number of halogens is 1. The number of nitro groups is 1. The van der Waals surface area contributed by atoms with Crippen LogP contribution in [0.5, 0.6) is 5.75 Å². The third-order valence-electron chi connectivity index (χ3n) is 4.90. The maximum atomic E-state index is 13.3. The van der Waals surface area contributed by atoms with Gasteiger partial charge in [-0.3, -0.25) is 14.9 Å². The van der Waals surface area contributed by atoms with Crippen molar-refractivity contribution in [2.45, 2.75) is 52.6 Å². The van der Waals surface area contributed by atoms with Gasteiger partial charge in [0.1, 0.15) is 11.6 Å². The molecule has 0 unspecified atom stereocenters. The molecule has 8 nitrogen and oxygen atoms in total. The van der Waals surface area contributed by atoms with E-state index in [9.17, 15) is 14.9 Å². The molecule has 3 rings (SSSR count). The zero-order valence-corrected chi connectivity index (χ0v) is 20.2. The number of benzene rings is 2. The van der Waals surface area contributed by atoms with Gasteiger partial charge in [-0.15, -0.1) is 0 Å². The van der Waals surface area contributed by atoms with E-state index in [4.69, 9.17) is 4.74 Å². The topological polar surface area (TPSA) is 99.6 Å². The fraction of sp³-hybridized carbons (Fsp3) is 0.348. The van der Waals surface area contributed by atoms with Gasteiger partial charge in [0, 0.05) is 27.6 Å². The Morgan fingerprint density at radius 1 is 1.28 bits per heavy atom. The van der Waals surface area contributed by atoms with E-state index >= 15 is 0 Å². The lowest BCUT2D eigenvalue weighted by molar-refractivity contribution is -0.384. The van der Waals surface area contributed by atoms with Crippen molar-refractivity contribution in [3.63, 3.8) is 0 Å². The molecule has 1 aromatic heterocycles. The highest BCUT2D eigenvalue weighted by Crippen LogP contribution is 2.26. The van der Waals surface area contributed by atoms with Gasteiger partial charge in [0.25, 0.3) is 11.2 Å². The van der Waals surface area contributed by atoms with Gasteiger partial charge >= 0.3 is 0 Å². The summed E-state index contributed by atoms with van der Waals surface area (Å²) in [6.45, 7) is 9.72. The van der Waals surface area contributed by atoms with E-state index < -0.39 is 10.3 Å². The van der Waals surface area contributed by atoms with Crippen LogP contribution in [-0.4, -0.2) is 26.9 Å². The lowest BCUT2D eigenvalue weighted by Crippen LogP contribution is -2.29. The van der Waals surface area contributed by atoms with Crippen molar-refractivity contribution in [3.8, 4) is 5.75 Å². The Morgan fingerprint density at radius 3 is 2.62 bits per heavy atom. The highest BCUT2D eigenvalue weighted by atomic mass is 79.9. The van der Waals surface area contributed by atoms with Gasteiger partial charge in [-0.1, -0.05) is 43.6 Å². The van der Waals surface area contributed by atoms with Crippen molar-refractivity contribution in [1.29, 1.82) is 0 Å². The molecule has 0 aliphatic heterocycles. The summed E-state index contributed by atoms with van der Waals surface area (Å²) in [5.41, 5.74) is 0.0850. The molecule has 2 aromatic carbocycles. The smallest absolute Gasteiger partial charge is 0.282 e. The molecule has 0 fully saturated rings. The Hall–Kier alpha value is -3.07. The molecule has 0 saturated carbocycles. The average Bonchev–Trinajstić information content (AvgIpc) is 2.73. The molecule has 0 radical (unpaired) electrons. The predicted octanol–water partition coefficient (Wildman–Crippen LogP) is 5.42. The predicted molar refractivity (Wildman–Crippen MR) is 129 cm³/mol. The van der Waals surface area contributed by atoms with Crippen LogP contribution in [-0.2, 0) is 5.41 Å². The molecular formula is C23H25BrN4O4. The van der Waals surface area contributed by atoms with Crippen LogP contribution in [0, 0.1) is 10.1 Å². The van der Waals surface area contributed by atoms with Crippen LogP contribution < -0.4 is 10.3 Å². The molecule has 0 amide bonds. The second-order valence-electron chi connectivity index (χ2n) is 8.52. The number of fused-ring (bicyclic) bond motifs is 1. The number of rotatable bonds is 6. The number of nitrogens with zero attached hydrogens (tertiary/aromatic N) is 4. The van der Waals surface area contributed by atoms with Crippen LogP contribution in [0.2, 0.25) is 0 Å². The minimum Gasteiger partial charge on any atom is -0.490 e. The zero-order valence-electron chi connectivity index (χ0n) is 18.6. The molecule has 0 aliphatic carbocycles. The fourth-order valence-electron chi connectivity index (χ4n) is 3.02. The second kappa shape index (κ2) is 9.20. The van der Waals surface area contributed by atoms with E-state index in [1.54, 1.807) is 18.2 Å². The SMILES string of the molecule is CC[C@@H](C)Oc1ccc([N+](=O)[O-])cc1C=Nn1c(C(C)(C)C)nc2ccc(Br)cc2c1=O. The van der Waals surface area contributed by atoms with Gasteiger partial charge in [0.15, 0.2) is 0 Å². The zero-order chi connectivity index (χ0) is 23.6. The van der Waals surface area contributed by atoms with Gasteiger partial charge in [-0.05, 0) is 37.6 Å². The Kier molecular flexibility index (Phi) is 6.78. The average molecular weight is 501 g/mol. The van der Waals surface area contributed by atoms with E-state index in [1.807, 2.05) is 40.7 Å². The fourth-order valence-corrected chi connectivity index (χ4v) is 3.38. The van der Waals surface area contributed by atoms with Crippen LogP contribution in [0.4, 0.5) is 5.69 Å². The highest BCUT2D eigenvalue weighted by molar-refractivity contribution is 9.10. The van der Waals surface area contributed by atoms with Crippen molar-refractivity contribution in [1.82, 2.24) is 9.66 Å². The summed E-state index contributed by atoms with van der Waals surface area (Å²) < 4.78 is 7.91. The lowest BCUT2D eigenvalue weighted by Gasteiger charge is -2.21. The summed E-state index contributed by atoms with van der Waals surface area (Å²) in [6.07, 6.45) is 2.09. The van der Waals surface area contributed by atoms with Crippen molar-refractivity contribution >= 4 is 38.7 Å². The van der Waals surface area contributed by atoms with Crippen molar-refractivity contribution in [3.05, 3.63) is 72.7 Å². The van der Waals surface area contributed by atoms with Crippen molar-refractivity contribution in [2.75, 3.05) is 0 Å². The number of hydrogen-bond donors (Lipinski definition) is 0. The first-order chi connectivity index (χ1) is 15.0. The van der Waals surface area contributed by atoms with Crippen LogP contribution in [0.15, 0.2) is 50.8 Å². The number of ether oxygens (including phenoxy) is 1. The molecule has 168 valence electrons. The van der Waals surface area contributed by atoms with E-state index in [0.29, 0.717) is 28.0 Å². The second-order valence-corrected chi connectivity index (χ2v) is 9.44. The molecule has 0 bridgehead atoms. The summed E-state index contributed by atoms with van der Waals surface area (Å²) in [5.74, 6) is 0.930. The third kappa shape index (κ3) is 5.04. The summed E-state index contributed by atoms with van der Waals surface area (Å²) in [7, 11) is 0. The number of non-ortho nitro benzene ring substituents is 1. The molecule has 0 aliphatic rings. The Bertz CT molecular complexity index is 1260. The maximum Gasteiger partial charge on any atom is 0.282 e. The van der Waals surface area contributed by atoms with Crippen LogP contribution >= 0.6 is 15.9 Å². The number of hydrogen-bond acceptors (Lipinski definition) is 6. The first-order valence-electron chi connectivity index (χ1n) is 10.2. The Labute approximate surface area is 194 Å². The molecule has 32 heavy (non-hydrogen) atoms. The molecule has 0 spiro atoms. The summed E-state index contributed by atoms with van der Waals surface area (Å²) >= 11 is 3.39. The summed E-state index contributed by atoms with van der Waals surface area (Å²) in [5, 5.41) is 16.1. The largest absolute Gasteiger partial charge is 0.490 e. The molecule has 1 heterocycles. The number of aromatic nitrogens is 2. The van der Waals surface area contributed by atoms with Gasteiger partial charge < -0.3 is 4.74 Å². The van der Waals surface area contributed by atoms with Gasteiger partial charge in [0.05, 0.1) is 28.1 Å². The molecule has 1 atom stereocenters. The molecule has 9 heteroatoms. The van der Waals surface area contributed by atoms with Crippen LogP contribution in [0.25, 0.3) is 10.9 Å². The van der Waals surface area contributed by atoms with E-state index in [-0.39, 0.29) is 17.4 Å². The van der Waals surface area contributed by atoms with E-state index in [0.717, 1.165) is 10.9 Å². The first kappa shape index (κ1) is 23.6. The first-order valence-corrected chi connectivity index (χ1v) is 11.0.